The van der Waals surface area contributed by atoms with Crippen LogP contribution in [0.5, 0.6) is 0 Å². The summed E-state index contributed by atoms with van der Waals surface area (Å²) < 4.78 is 0. The highest BCUT2D eigenvalue weighted by Crippen LogP contribution is 2.48. The van der Waals surface area contributed by atoms with E-state index in [1.165, 1.54) is 24.2 Å². The van der Waals surface area contributed by atoms with E-state index in [1.54, 1.807) is 0 Å². The molecule has 2 unspecified atom stereocenters. The minimum Gasteiger partial charge on any atom is -0.339 e. The molecule has 0 radical (unpaired) electrons. The first kappa shape index (κ1) is 19.8. The predicted octanol–water partition coefficient (Wildman–Crippen LogP) is 3.44. The van der Waals surface area contributed by atoms with Crippen LogP contribution in [0.3, 0.4) is 0 Å². The molecular formula is C25H32N2O3. The molecule has 0 N–H and O–H groups in total. The number of fused-ring (bicyclic) bond motifs is 1. The monoisotopic (exact) mass is 408 g/mol. The van der Waals surface area contributed by atoms with Crippen LogP contribution in [-0.4, -0.2) is 46.7 Å². The summed E-state index contributed by atoms with van der Waals surface area (Å²) in [5.74, 6) is 1.85. The third-order valence-electron chi connectivity index (χ3n) is 8.27. The van der Waals surface area contributed by atoms with E-state index >= 15 is 0 Å². The highest BCUT2D eigenvalue weighted by Gasteiger charge is 2.55. The molecule has 3 aliphatic heterocycles. The summed E-state index contributed by atoms with van der Waals surface area (Å²) in [6.07, 6.45) is 6.27. The van der Waals surface area contributed by atoms with Crippen molar-refractivity contribution in [2.45, 2.75) is 70.3 Å². The summed E-state index contributed by atoms with van der Waals surface area (Å²) in [7, 11) is 0. The minimum atomic E-state index is -1.06. The molecule has 6 rings (SSSR count). The Hall–Kier alpha value is -2.17. The number of aryl methyl sites for hydroxylation is 1. The summed E-state index contributed by atoms with van der Waals surface area (Å²) in [6, 6.07) is 8.07. The Kier molecular flexibility index (Phi) is 4.75. The van der Waals surface area contributed by atoms with E-state index in [9.17, 15) is 14.4 Å². The quantitative estimate of drug-likeness (QED) is 0.717. The zero-order chi connectivity index (χ0) is 21.0. The van der Waals surface area contributed by atoms with Gasteiger partial charge >= 0.3 is 0 Å². The Labute approximate surface area is 178 Å². The summed E-state index contributed by atoms with van der Waals surface area (Å²) in [4.78, 5) is 43.5. The maximum atomic E-state index is 13.8. The van der Waals surface area contributed by atoms with Gasteiger partial charge in [-0.2, -0.15) is 0 Å². The molecule has 3 amide bonds. The number of nitrogens with zero attached hydrogens (tertiary/aromatic N) is 2. The maximum Gasteiger partial charge on any atom is 0.240 e. The lowest BCUT2D eigenvalue weighted by Crippen LogP contribution is -2.47. The van der Waals surface area contributed by atoms with Gasteiger partial charge in [0, 0.05) is 32.0 Å². The first-order chi connectivity index (χ1) is 14.4. The van der Waals surface area contributed by atoms with Gasteiger partial charge in [0.15, 0.2) is 0 Å². The maximum absolute atomic E-state index is 13.8. The Morgan fingerprint density at radius 2 is 1.70 bits per heavy atom. The Morgan fingerprint density at radius 1 is 1.03 bits per heavy atom. The van der Waals surface area contributed by atoms with Gasteiger partial charge in [-0.15, -0.1) is 0 Å². The van der Waals surface area contributed by atoms with E-state index in [0.717, 1.165) is 42.3 Å². The molecule has 2 aliphatic carbocycles. The average Bonchev–Trinajstić information content (AvgIpc) is 2.80. The van der Waals surface area contributed by atoms with Crippen LogP contribution in [0.1, 0.15) is 63.0 Å². The van der Waals surface area contributed by atoms with E-state index in [1.807, 2.05) is 38.1 Å². The number of carbonyl (C=O) groups excluding carboxylic acids is 3. The third-order valence-corrected chi connectivity index (χ3v) is 8.27. The fourth-order valence-electron chi connectivity index (χ4n) is 7.12. The fourth-order valence-corrected chi connectivity index (χ4v) is 7.12. The molecule has 5 atom stereocenters. The normalized spacial score (nSPS) is 35.3. The molecule has 30 heavy (non-hydrogen) atoms. The van der Waals surface area contributed by atoms with Crippen LogP contribution < -0.4 is 0 Å². The second-order valence-electron chi connectivity index (χ2n) is 10.2. The second-order valence-corrected chi connectivity index (χ2v) is 10.2. The lowest BCUT2D eigenvalue weighted by atomic mass is 9.68. The standard InChI is InChI=1S/C25H32N2O3/c1-3-26-22(28)13-25(24(26)30,21-7-5-4-6-16(21)2)14-23(29)27-15-19-9-17-8-18(10-19)12-20(27)11-17/h4-7,17-20H,3,8-15H2,1-2H3/t17-,18+,19?,20?,25-/m0/s1. The van der Waals surface area contributed by atoms with Crippen LogP contribution in [0.2, 0.25) is 0 Å². The SMILES string of the molecule is CCN1C(=O)C[C@](CC(=O)N2CC3C[C@@H]4CC2C[C@H](C3)C4)(c2ccccc2C)C1=O. The van der Waals surface area contributed by atoms with Gasteiger partial charge in [-0.25, -0.2) is 0 Å². The van der Waals surface area contributed by atoms with Crippen LogP contribution >= 0.6 is 0 Å². The van der Waals surface area contributed by atoms with Crippen molar-refractivity contribution < 1.29 is 14.4 Å². The van der Waals surface area contributed by atoms with E-state index in [4.69, 9.17) is 0 Å². The highest BCUT2D eigenvalue weighted by molar-refractivity contribution is 6.10. The fraction of sp³-hybridized carbons (Fsp3) is 0.640. The van der Waals surface area contributed by atoms with Gasteiger partial charge in [0.1, 0.15) is 0 Å². The Balaban J connectivity index is 1.49. The molecule has 2 saturated carbocycles. The number of likely N-dealkylation sites (tertiary alicyclic amines) is 1. The van der Waals surface area contributed by atoms with Gasteiger partial charge in [-0.1, -0.05) is 24.3 Å². The van der Waals surface area contributed by atoms with Crippen LogP contribution in [-0.2, 0) is 19.8 Å². The molecule has 4 bridgehead atoms. The van der Waals surface area contributed by atoms with Gasteiger partial charge in [0.2, 0.25) is 17.7 Å². The number of carbonyl (C=O) groups is 3. The summed E-state index contributed by atoms with van der Waals surface area (Å²) >= 11 is 0. The molecule has 1 aromatic carbocycles. The van der Waals surface area contributed by atoms with E-state index in [0.29, 0.717) is 18.5 Å². The van der Waals surface area contributed by atoms with Gasteiger partial charge in [-0.05, 0) is 74.8 Å². The van der Waals surface area contributed by atoms with Crippen molar-refractivity contribution in [1.82, 2.24) is 9.80 Å². The van der Waals surface area contributed by atoms with Crippen LogP contribution in [0, 0.1) is 24.7 Å². The van der Waals surface area contributed by atoms with E-state index in [-0.39, 0.29) is 30.6 Å². The molecule has 0 spiro atoms. The average molecular weight is 409 g/mol. The number of likely N-dealkylation sites (N-methyl/N-ethyl adjacent to an activating group) is 1. The largest absolute Gasteiger partial charge is 0.339 e. The summed E-state index contributed by atoms with van der Waals surface area (Å²) in [5, 5.41) is 0. The van der Waals surface area contributed by atoms with Crippen molar-refractivity contribution in [2.24, 2.45) is 17.8 Å². The van der Waals surface area contributed by atoms with Crippen molar-refractivity contribution in [3.8, 4) is 0 Å². The first-order valence-electron chi connectivity index (χ1n) is 11.6. The van der Waals surface area contributed by atoms with E-state index in [2.05, 4.69) is 4.90 Å². The van der Waals surface area contributed by atoms with Crippen molar-refractivity contribution in [2.75, 3.05) is 13.1 Å². The topological polar surface area (TPSA) is 57.7 Å². The predicted molar refractivity (Wildman–Crippen MR) is 114 cm³/mol. The number of rotatable bonds is 4. The van der Waals surface area contributed by atoms with Crippen molar-refractivity contribution >= 4 is 17.7 Å². The smallest absolute Gasteiger partial charge is 0.240 e. The number of benzene rings is 1. The molecule has 3 heterocycles. The number of imide groups is 1. The third kappa shape index (κ3) is 3.00. The summed E-state index contributed by atoms with van der Waals surface area (Å²) in [6.45, 7) is 4.99. The minimum absolute atomic E-state index is 0.0653. The number of amides is 3. The molecule has 5 nitrogen and oxygen atoms in total. The molecule has 0 aromatic heterocycles. The zero-order valence-corrected chi connectivity index (χ0v) is 18.1. The van der Waals surface area contributed by atoms with Gasteiger partial charge < -0.3 is 4.90 Å². The van der Waals surface area contributed by atoms with Gasteiger partial charge in [0.25, 0.3) is 0 Å². The number of hydrogen-bond donors (Lipinski definition) is 0. The highest BCUT2D eigenvalue weighted by atomic mass is 16.2. The van der Waals surface area contributed by atoms with Gasteiger partial charge in [0.05, 0.1) is 5.41 Å². The molecule has 1 aromatic rings. The molecular weight excluding hydrogens is 376 g/mol. The Morgan fingerprint density at radius 3 is 2.33 bits per heavy atom. The molecule has 3 saturated heterocycles. The van der Waals surface area contributed by atoms with Gasteiger partial charge in [-0.3, -0.25) is 19.3 Å². The van der Waals surface area contributed by atoms with Crippen LogP contribution in [0.15, 0.2) is 24.3 Å². The van der Waals surface area contributed by atoms with Crippen molar-refractivity contribution in [3.05, 3.63) is 35.4 Å². The first-order valence-corrected chi connectivity index (χ1v) is 11.6. The van der Waals surface area contributed by atoms with Crippen LogP contribution in [0.4, 0.5) is 0 Å². The Bertz CT molecular complexity index is 882. The van der Waals surface area contributed by atoms with E-state index < -0.39 is 5.41 Å². The zero-order valence-electron chi connectivity index (χ0n) is 18.1. The molecule has 5 aliphatic rings. The lowest BCUT2D eigenvalue weighted by Gasteiger charge is -2.39. The molecule has 160 valence electrons. The lowest BCUT2D eigenvalue weighted by molar-refractivity contribution is -0.143. The number of hydrogen-bond acceptors (Lipinski definition) is 3. The van der Waals surface area contributed by atoms with Crippen LogP contribution in [0.25, 0.3) is 0 Å². The van der Waals surface area contributed by atoms with Crippen molar-refractivity contribution in [3.63, 3.8) is 0 Å². The molecule has 5 heteroatoms. The molecule has 5 fully saturated rings. The summed E-state index contributed by atoms with van der Waals surface area (Å²) in [5.41, 5.74) is 0.757. The van der Waals surface area contributed by atoms with Crippen molar-refractivity contribution in [1.29, 1.82) is 0 Å². The second kappa shape index (κ2) is 7.21.